The van der Waals surface area contributed by atoms with Gasteiger partial charge in [0.1, 0.15) is 0 Å². The number of halogens is 5. The number of benzene rings is 1. The molecule has 1 aliphatic rings. The third-order valence-corrected chi connectivity index (χ3v) is 6.25. The van der Waals surface area contributed by atoms with Gasteiger partial charge in [-0.15, -0.1) is 0 Å². The molecule has 2 aromatic heterocycles. The number of aromatic amines is 1. The summed E-state index contributed by atoms with van der Waals surface area (Å²) in [4.78, 5) is 19.5. The SMILES string of the molecule is COc1c([C@@H]2C[C@](C)(C(F)(F)F)C[C@H]2c2cc(=O)c3cnccc3[nH]2)ccc(F)c1F. The highest BCUT2D eigenvalue weighted by Gasteiger charge is 2.58. The lowest BCUT2D eigenvalue weighted by atomic mass is 9.85. The van der Waals surface area contributed by atoms with Gasteiger partial charge in [-0.05, 0) is 30.9 Å². The molecule has 164 valence electrons. The summed E-state index contributed by atoms with van der Waals surface area (Å²) in [6.07, 6.45) is -2.36. The second-order valence-corrected chi connectivity index (χ2v) is 8.17. The van der Waals surface area contributed by atoms with E-state index in [1.165, 1.54) is 24.5 Å². The molecule has 3 aromatic rings. The summed E-state index contributed by atoms with van der Waals surface area (Å²) in [5.74, 6) is -4.48. The van der Waals surface area contributed by atoms with E-state index in [1.54, 1.807) is 6.07 Å². The Labute approximate surface area is 174 Å². The molecule has 0 spiro atoms. The number of nitrogens with one attached hydrogen (secondary N) is 1. The van der Waals surface area contributed by atoms with E-state index in [9.17, 15) is 26.7 Å². The van der Waals surface area contributed by atoms with Crippen molar-refractivity contribution in [1.82, 2.24) is 9.97 Å². The van der Waals surface area contributed by atoms with E-state index in [0.717, 1.165) is 20.1 Å². The maximum Gasteiger partial charge on any atom is 0.394 e. The van der Waals surface area contributed by atoms with Crippen molar-refractivity contribution < 1.29 is 26.7 Å². The number of fused-ring (bicyclic) bond motifs is 1. The van der Waals surface area contributed by atoms with Crippen molar-refractivity contribution >= 4 is 10.9 Å². The zero-order valence-electron chi connectivity index (χ0n) is 16.7. The van der Waals surface area contributed by atoms with Crippen LogP contribution in [0.1, 0.15) is 42.9 Å². The van der Waals surface area contributed by atoms with E-state index in [-0.39, 0.29) is 23.8 Å². The monoisotopic (exact) mass is 438 g/mol. The Morgan fingerprint density at radius 3 is 2.55 bits per heavy atom. The molecule has 1 aromatic carbocycles. The van der Waals surface area contributed by atoms with Gasteiger partial charge in [-0.25, -0.2) is 4.39 Å². The quantitative estimate of drug-likeness (QED) is 0.554. The van der Waals surface area contributed by atoms with Crippen molar-refractivity contribution in [2.24, 2.45) is 5.41 Å². The minimum Gasteiger partial charge on any atom is -0.493 e. The van der Waals surface area contributed by atoms with Gasteiger partial charge in [0.05, 0.1) is 23.4 Å². The molecule has 31 heavy (non-hydrogen) atoms. The molecule has 0 amide bonds. The molecule has 4 rings (SSSR count). The lowest BCUT2D eigenvalue weighted by molar-refractivity contribution is -0.216. The van der Waals surface area contributed by atoms with Gasteiger partial charge >= 0.3 is 6.18 Å². The van der Waals surface area contributed by atoms with Gasteiger partial charge in [0.15, 0.2) is 17.0 Å². The second kappa shape index (κ2) is 7.32. The molecule has 1 saturated carbocycles. The van der Waals surface area contributed by atoms with E-state index >= 15 is 0 Å². The van der Waals surface area contributed by atoms with Crippen LogP contribution >= 0.6 is 0 Å². The Balaban J connectivity index is 1.91. The maximum absolute atomic E-state index is 14.4. The molecule has 9 heteroatoms. The summed E-state index contributed by atoms with van der Waals surface area (Å²) in [6, 6.07) is 4.95. The highest BCUT2D eigenvalue weighted by atomic mass is 19.4. The van der Waals surface area contributed by atoms with Crippen molar-refractivity contribution in [1.29, 1.82) is 0 Å². The van der Waals surface area contributed by atoms with Gasteiger partial charge in [-0.2, -0.15) is 17.6 Å². The van der Waals surface area contributed by atoms with E-state index in [1.807, 2.05) is 0 Å². The number of nitrogens with zero attached hydrogens (tertiary/aromatic N) is 1. The van der Waals surface area contributed by atoms with Crippen LogP contribution in [0.2, 0.25) is 0 Å². The topological polar surface area (TPSA) is 55.0 Å². The Bertz CT molecular complexity index is 1210. The summed E-state index contributed by atoms with van der Waals surface area (Å²) in [5, 5.41) is 0.310. The first-order valence-electron chi connectivity index (χ1n) is 9.61. The van der Waals surface area contributed by atoms with Gasteiger partial charge in [0, 0.05) is 35.6 Å². The van der Waals surface area contributed by atoms with E-state index in [4.69, 9.17) is 4.74 Å². The van der Waals surface area contributed by atoms with Crippen molar-refractivity contribution in [3.05, 3.63) is 69.8 Å². The number of H-pyrrole nitrogens is 1. The molecule has 0 aliphatic heterocycles. The molecule has 1 fully saturated rings. The number of ether oxygens (including phenoxy) is 1. The highest BCUT2D eigenvalue weighted by Crippen LogP contribution is 2.61. The lowest BCUT2D eigenvalue weighted by Crippen LogP contribution is -2.32. The molecule has 0 unspecified atom stereocenters. The number of aromatic nitrogens is 2. The number of hydrogen-bond donors (Lipinski definition) is 1. The van der Waals surface area contributed by atoms with Gasteiger partial charge in [0.2, 0.25) is 5.82 Å². The van der Waals surface area contributed by atoms with Crippen LogP contribution in [0.5, 0.6) is 5.75 Å². The minimum atomic E-state index is -4.52. The maximum atomic E-state index is 14.4. The van der Waals surface area contributed by atoms with Crippen LogP contribution in [0.25, 0.3) is 10.9 Å². The number of rotatable bonds is 3. The third kappa shape index (κ3) is 3.45. The Morgan fingerprint density at radius 2 is 1.87 bits per heavy atom. The van der Waals surface area contributed by atoms with Crippen LogP contribution in [0.4, 0.5) is 22.0 Å². The number of pyridine rings is 2. The molecule has 2 heterocycles. The largest absolute Gasteiger partial charge is 0.493 e. The smallest absolute Gasteiger partial charge is 0.394 e. The molecular formula is C22H19F5N2O2. The average Bonchev–Trinajstić information content (AvgIpc) is 3.09. The van der Waals surface area contributed by atoms with Crippen LogP contribution < -0.4 is 10.2 Å². The molecule has 3 atom stereocenters. The van der Waals surface area contributed by atoms with Crippen molar-refractivity contribution in [2.75, 3.05) is 7.11 Å². The molecule has 1 N–H and O–H groups in total. The zero-order valence-corrected chi connectivity index (χ0v) is 16.7. The summed E-state index contributed by atoms with van der Waals surface area (Å²) in [5.41, 5.74) is -1.59. The van der Waals surface area contributed by atoms with Crippen LogP contribution in [-0.4, -0.2) is 23.3 Å². The summed E-state index contributed by atoms with van der Waals surface area (Å²) < 4.78 is 74.9. The fourth-order valence-electron chi connectivity index (χ4n) is 4.58. The van der Waals surface area contributed by atoms with Gasteiger partial charge < -0.3 is 9.72 Å². The third-order valence-electron chi connectivity index (χ3n) is 6.25. The van der Waals surface area contributed by atoms with E-state index in [2.05, 4.69) is 9.97 Å². The standard InChI is InChI=1S/C22H19F5N2O2/c1-21(22(25,26)27)8-12(11-3-4-15(23)19(24)20(11)31-2)13(9-21)17-7-18(30)14-10-28-6-5-16(14)29-17/h3-7,10,12-13H,8-9H2,1-2H3,(H,29,30)/t12-,13+,21-/m0/s1. The first kappa shape index (κ1) is 21.3. The Morgan fingerprint density at radius 1 is 1.16 bits per heavy atom. The van der Waals surface area contributed by atoms with Crippen molar-refractivity contribution in [3.8, 4) is 5.75 Å². The summed E-state index contributed by atoms with van der Waals surface area (Å²) in [7, 11) is 1.14. The van der Waals surface area contributed by atoms with Crippen LogP contribution in [0.3, 0.4) is 0 Å². The normalized spacial score (nSPS) is 24.0. The highest BCUT2D eigenvalue weighted by molar-refractivity contribution is 5.77. The molecule has 0 saturated heterocycles. The first-order chi connectivity index (χ1) is 14.6. The van der Waals surface area contributed by atoms with Gasteiger partial charge in [-0.1, -0.05) is 13.0 Å². The van der Waals surface area contributed by atoms with E-state index < -0.39 is 40.8 Å². The fraction of sp³-hybridized carbons (Fsp3) is 0.364. The van der Waals surface area contributed by atoms with Gasteiger partial charge in [0.25, 0.3) is 0 Å². The number of methoxy groups -OCH3 is 1. The zero-order chi connectivity index (χ0) is 22.6. The lowest BCUT2D eigenvalue weighted by Gasteiger charge is -2.27. The van der Waals surface area contributed by atoms with E-state index in [0.29, 0.717) is 16.6 Å². The van der Waals surface area contributed by atoms with Crippen LogP contribution in [0.15, 0.2) is 41.5 Å². The average molecular weight is 438 g/mol. The summed E-state index contributed by atoms with van der Waals surface area (Å²) >= 11 is 0. The summed E-state index contributed by atoms with van der Waals surface area (Å²) in [6.45, 7) is 1.11. The van der Waals surface area contributed by atoms with Crippen molar-refractivity contribution in [3.63, 3.8) is 0 Å². The minimum absolute atomic E-state index is 0.134. The Kier molecular flexibility index (Phi) is 5.02. The van der Waals surface area contributed by atoms with Crippen LogP contribution in [-0.2, 0) is 0 Å². The molecule has 1 aliphatic carbocycles. The predicted molar refractivity (Wildman–Crippen MR) is 104 cm³/mol. The van der Waals surface area contributed by atoms with Gasteiger partial charge in [-0.3, -0.25) is 9.78 Å². The molecule has 0 radical (unpaired) electrons. The molecule has 4 nitrogen and oxygen atoms in total. The molecule has 0 bridgehead atoms. The number of alkyl halides is 3. The number of hydrogen-bond acceptors (Lipinski definition) is 3. The second-order valence-electron chi connectivity index (χ2n) is 8.17. The molecular weight excluding hydrogens is 419 g/mol. The first-order valence-corrected chi connectivity index (χ1v) is 9.61. The fourth-order valence-corrected chi connectivity index (χ4v) is 4.58. The Hall–Kier alpha value is -2.97. The predicted octanol–water partition coefficient (Wildman–Crippen LogP) is 5.44. The van der Waals surface area contributed by atoms with Crippen molar-refractivity contribution in [2.45, 2.75) is 37.8 Å². The van der Waals surface area contributed by atoms with Crippen LogP contribution in [0, 0.1) is 17.0 Å².